The number of nitriles is 1. The van der Waals surface area contributed by atoms with E-state index in [0.717, 1.165) is 24.2 Å². The van der Waals surface area contributed by atoms with Gasteiger partial charge in [0.2, 0.25) is 5.91 Å². The molecule has 1 saturated heterocycles. The van der Waals surface area contributed by atoms with Crippen LogP contribution < -0.4 is 10.6 Å². The summed E-state index contributed by atoms with van der Waals surface area (Å²) in [5.74, 6) is -0.267. The van der Waals surface area contributed by atoms with Gasteiger partial charge in [0, 0.05) is 13.1 Å². The second-order valence-corrected chi connectivity index (χ2v) is 5.23. The lowest BCUT2D eigenvalue weighted by Crippen LogP contribution is -2.37. The molecule has 0 saturated carbocycles. The molecule has 94 valence electrons. The number of carbonyl (C=O) groups is 1. The number of hydrogen-bond acceptors (Lipinski definition) is 3. The molecule has 1 aliphatic heterocycles. The Labute approximate surface area is 107 Å². The number of primary amides is 1. The Hall–Kier alpha value is -2.02. The lowest BCUT2D eigenvalue weighted by atomic mass is 9.89. The van der Waals surface area contributed by atoms with E-state index in [1.807, 2.05) is 32.0 Å². The number of anilines is 1. The van der Waals surface area contributed by atoms with Gasteiger partial charge in [-0.05, 0) is 38.0 Å². The minimum Gasteiger partial charge on any atom is -0.369 e. The molecule has 0 aliphatic carbocycles. The SMILES string of the molecule is Cc1ccc(C#N)c(N2CCC(C)(C(N)=O)C2)c1. The van der Waals surface area contributed by atoms with Crippen molar-refractivity contribution in [3.05, 3.63) is 29.3 Å². The molecule has 0 bridgehead atoms. The lowest BCUT2D eigenvalue weighted by molar-refractivity contribution is -0.125. The molecule has 0 radical (unpaired) electrons. The van der Waals surface area contributed by atoms with Crippen LogP contribution in [0.15, 0.2) is 18.2 Å². The fourth-order valence-corrected chi connectivity index (χ4v) is 2.37. The summed E-state index contributed by atoms with van der Waals surface area (Å²) < 4.78 is 0. The van der Waals surface area contributed by atoms with Crippen molar-refractivity contribution in [1.82, 2.24) is 0 Å². The summed E-state index contributed by atoms with van der Waals surface area (Å²) in [6, 6.07) is 7.94. The van der Waals surface area contributed by atoms with Crippen LogP contribution in [0.2, 0.25) is 0 Å². The second-order valence-electron chi connectivity index (χ2n) is 5.23. The molecule has 4 nitrogen and oxygen atoms in total. The molecular weight excluding hydrogens is 226 g/mol. The average molecular weight is 243 g/mol. The number of amides is 1. The molecule has 1 aromatic rings. The van der Waals surface area contributed by atoms with E-state index in [2.05, 4.69) is 11.0 Å². The highest BCUT2D eigenvalue weighted by Gasteiger charge is 2.39. The van der Waals surface area contributed by atoms with Crippen LogP contribution in [0, 0.1) is 23.7 Å². The van der Waals surface area contributed by atoms with E-state index in [1.54, 1.807) is 0 Å². The van der Waals surface area contributed by atoms with Crippen molar-refractivity contribution in [2.24, 2.45) is 11.1 Å². The highest BCUT2D eigenvalue weighted by Crippen LogP contribution is 2.34. The first-order valence-electron chi connectivity index (χ1n) is 6.02. The maximum absolute atomic E-state index is 11.5. The number of benzene rings is 1. The van der Waals surface area contributed by atoms with Crippen molar-refractivity contribution >= 4 is 11.6 Å². The van der Waals surface area contributed by atoms with E-state index in [9.17, 15) is 4.79 Å². The first kappa shape index (κ1) is 12.4. The van der Waals surface area contributed by atoms with Crippen LogP contribution in [0.4, 0.5) is 5.69 Å². The number of rotatable bonds is 2. The maximum Gasteiger partial charge on any atom is 0.225 e. The highest BCUT2D eigenvalue weighted by atomic mass is 16.1. The van der Waals surface area contributed by atoms with E-state index in [0.29, 0.717) is 12.1 Å². The Bertz CT molecular complexity index is 532. The van der Waals surface area contributed by atoms with Crippen molar-refractivity contribution in [1.29, 1.82) is 5.26 Å². The maximum atomic E-state index is 11.5. The van der Waals surface area contributed by atoms with Gasteiger partial charge in [-0.2, -0.15) is 5.26 Å². The van der Waals surface area contributed by atoms with E-state index < -0.39 is 5.41 Å². The van der Waals surface area contributed by atoms with Gasteiger partial charge in [0.25, 0.3) is 0 Å². The Balaban J connectivity index is 2.33. The first-order valence-corrected chi connectivity index (χ1v) is 6.02. The van der Waals surface area contributed by atoms with Crippen LogP contribution in [0.25, 0.3) is 0 Å². The zero-order chi connectivity index (χ0) is 13.3. The van der Waals surface area contributed by atoms with Crippen LogP contribution in [0.3, 0.4) is 0 Å². The van der Waals surface area contributed by atoms with Gasteiger partial charge in [-0.15, -0.1) is 0 Å². The molecule has 1 unspecified atom stereocenters. The Kier molecular flexibility index (Phi) is 3.00. The van der Waals surface area contributed by atoms with E-state index in [1.165, 1.54) is 0 Å². The van der Waals surface area contributed by atoms with E-state index in [-0.39, 0.29) is 5.91 Å². The Morgan fingerprint density at radius 1 is 1.56 bits per heavy atom. The van der Waals surface area contributed by atoms with Gasteiger partial charge in [0.15, 0.2) is 0 Å². The number of nitrogens with zero attached hydrogens (tertiary/aromatic N) is 2. The van der Waals surface area contributed by atoms with Gasteiger partial charge in [-0.3, -0.25) is 4.79 Å². The number of hydrogen-bond donors (Lipinski definition) is 1. The van der Waals surface area contributed by atoms with E-state index >= 15 is 0 Å². The molecule has 1 aromatic carbocycles. The third kappa shape index (κ3) is 2.04. The number of nitrogens with two attached hydrogens (primary N) is 1. The van der Waals surface area contributed by atoms with Crippen molar-refractivity contribution in [2.45, 2.75) is 20.3 Å². The monoisotopic (exact) mass is 243 g/mol. The van der Waals surface area contributed by atoms with Crippen LogP contribution in [0.1, 0.15) is 24.5 Å². The Morgan fingerprint density at radius 2 is 2.28 bits per heavy atom. The third-order valence-corrected chi connectivity index (χ3v) is 3.68. The predicted molar refractivity (Wildman–Crippen MR) is 70.0 cm³/mol. The number of carbonyl (C=O) groups excluding carboxylic acids is 1. The van der Waals surface area contributed by atoms with Crippen LogP contribution in [-0.4, -0.2) is 19.0 Å². The molecule has 0 spiro atoms. The first-order chi connectivity index (χ1) is 8.46. The predicted octanol–water partition coefficient (Wildman–Crippen LogP) is 1.57. The highest BCUT2D eigenvalue weighted by molar-refractivity contribution is 5.82. The summed E-state index contributed by atoms with van der Waals surface area (Å²) in [5.41, 5.74) is 7.61. The summed E-state index contributed by atoms with van der Waals surface area (Å²) in [7, 11) is 0. The van der Waals surface area contributed by atoms with Crippen molar-refractivity contribution in [3.8, 4) is 6.07 Å². The van der Waals surface area contributed by atoms with Gasteiger partial charge < -0.3 is 10.6 Å². The fraction of sp³-hybridized carbons (Fsp3) is 0.429. The average Bonchev–Trinajstić information content (AvgIpc) is 2.73. The zero-order valence-corrected chi connectivity index (χ0v) is 10.7. The molecule has 18 heavy (non-hydrogen) atoms. The summed E-state index contributed by atoms with van der Waals surface area (Å²) >= 11 is 0. The van der Waals surface area contributed by atoms with Crippen LogP contribution in [-0.2, 0) is 4.79 Å². The van der Waals surface area contributed by atoms with Crippen molar-refractivity contribution in [3.63, 3.8) is 0 Å². The molecule has 1 atom stereocenters. The molecular formula is C14H17N3O. The third-order valence-electron chi connectivity index (χ3n) is 3.68. The van der Waals surface area contributed by atoms with Gasteiger partial charge in [-0.1, -0.05) is 6.07 Å². The van der Waals surface area contributed by atoms with Crippen LogP contribution >= 0.6 is 0 Å². The normalized spacial score (nSPS) is 22.8. The summed E-state index contributed by atoms with van der Waals surface area (Å²) in [5, 5.41) is 9.14. The standard InChI is InChI=1S/C14H17N3O/c1-10-3-4-11(8-15)12(7-10)17-6-5-14(2,9-17)13(16)18/h3-4,7H,5-6,9H2,1-2H3,(H2,16,18). The minimum atomic E-state index is -0.490. The molecule has 1 heterocycles. The molecule has 1 fully saturated rings. The fourth-order valence-electron chi connectivity index (χ4n) is 2.37. The molecule has 1 amide bonds. The molecule has 1 aliphatic rings. The summed E-state index contributed by atoms with van der Waals surface area (Å²) in [6.07, 6.45) is 0.737. The Morgan fingerprint density at radius 3 is 2.83 bits per heavy atom. The van der Waals surface area contributed by atoms with Gasteiger partial charge >= 0.3 is 0 Å². The van der Waals surface area contributed by atoms with Crippen molar-refractivity contribution in [2.75, 3.05) is 18.0 Å². The van der Waals surface area contributed by atoms with Gasteiger partial charge in [-0.25, -0.2) is 0 Å². The second kappa shape index (κ2) is 4.34. The van der Waals surface area contributed by atoms with Gasteiger partial charge in [0.05, 0.1) is 16.7 Å². The van der Waals surface area contributed by atoms with Crippen LogP contribution in [0.5, 0.6) is 0 Å². The molecule has 0 aromatic heterocycles. The largest absolute Gasteiger partial charge is 0.369 e. The number of aryl methyl sites for hydroxylation is 1. The molecule has 2 rings (SSSR count). The summed E-state index contributed by atoms with van der Waals surface area (Å²) in [6.45, 7) is 5.23. The van der Waals surface area contributed by atoms with E-state index in [4.69, 9.17) is 11.0 Å². The summed E-state index contributed by atoms with van der Waals surface area (Å²) in [4.78, 5) is 13.5. The zero-order valence-electron chi connectivity index (χ0n) is 10.7. The van der Waals surface area contributed by atoms with Crippen molar-refractivity contribution < 1.29 is 4.79 Å². The molecule has 4 heteroatoms. The topological polar surface area (TPSA) is 70.1 Å². The minimum absolute atomic E-state index is 0.267. The van der Waals surface area contributed by atoms with Gasteiger partial charge in [0.1, 0.15) is 6.07 Å². The quantitative estimate of drug-likeness (QED) is 0.857. The molecule has 2 N–H and O–H groups in total. The smallest absolute Gasteiger partial charge is 0.225 e. The lowest BCUT2D eigenvalue weighted by Gasteiger charge is -2.23.